The van der Waals surface area contributed by atoms with Crippen molar-refractivity contribution in [3.8, 4) is 5.75 Å². The van der Waals surface area contributed by atoms with E-state index in [4.69, 9.17) is 9.15 Å². The van der Waals surface area contributed by atoms with Gasteiger partial charge in [-0.1, -0.05) is 48.0 Å². The molecule has 3 aromatic rings. The van der Waals surface area contributed by atoms with Gasteiger partial charge in [-0.05, 0) is 43.2 Å². The van der Waals surface area contributed by atoms with E-state index in [1.165, 1.54) is 50.4 Å². The molecule has 36 heavy (non-hydrogen) atoms. The van der Waals surface area contributed by atoms with Crippen molar-refractivity contribution < 1.29 is 36.7 Å². The SMILES string of the molecule is COc1ccc(C[C@H]2C(=O)[C@](NC(=O)c3ccco3)(C(F)(F)F)C(C(=O)c3ccccc3)=C2C)cc1. The molecule has 0 spiro atoms. The van der Waals surface area contributed by atoms with E-state index in [1.54, 1.807) is 30.3 Å². The Labute approximate surface area is 204 Å². The van der Waals surface area contributed by atoms with Crippen LogP contribution in [-0.2, 0) is 11.2 Å². The summed E-state index contributed by atoms with van der Waals surface area (Å²) in [5.41, 5.74) is -3.88. The minimum atomic E-state index is -5.32. The third kappa shape index (κ3) is 4.21. The minimum Gasteiger partial charge on any atom is -0.497 e. The first-order valence-electron chi connectivity index (χ1n) is 11.0. The molecule has 6 nitrogen and oxygen atoms in total. The first-order valence-corrected chi connectivity index (χ1v) is 11.0. The number of hydrogen-bond acceptors (Lipinski definition) is 5. The maximum atomic E-state index is 14.9. The molecule has 1 amide bonds. The molecule has 1 N–H and O–H groups in total. The average molecular weight is 497 g/mol. The largest absolute Gasteiger partial charge is 0.497 e. The molecule has 1 aliphatic carbocycles. The lowest BCUT2D eigenvalue weighted by atomic mass is 9.82. The summed E-state index contributed by atoms with van der Waals surface area (Å²) in [5, 5.41) is 1.84. The summed E-state index contributed by atoms with van der Waals surface area (Å²) in [6.45, 7) is 1.33. The van der Waals surface area contributed by atoms with Crippen LogP contribution in [0.25, 0.3) is 0 Å². The van der Waals surface area contributed by atoms with Crippen molar-refractivity contribution >= 4 is 17.5 Å². The Morgan fingerprint density at radius 3 is 2.25 bits per heavy atom. The number of allylic oxidation sites excluding steroid dienone is 1. The molecule has 0 bridgehead atoms. The number of nitrogens with one attached hydrogen (secondary N) is 1. The van der Waals surface area contributed by atoms with Gasteiger partial charge in [-0.25, -0.2) is 0 Å². The molecule has 1 aliphatic rings. The summed E-state index contributed by atoms with van der Waals surface area (Å²) < 4.78 is 54.8. The first-order chi connectivity index (χ1) is 17.1. The molecule has 2 aromatic carbocycles. The first kappa shape index (κ1) is 25.0. The number of furan rings is 1. The second kappa shape index (κ2) is 9.49. The smallest absolute Gasteiger partial charge is 0.423 e. The molecule has 0 saturated carbocycles. The predicted octanol–water partition coefficient (Wildman–Crippen LogP) is 4.96. The number of methoxy groups -OCH3 is 1. The Morgan fingerprint density at radius 2 is 1.69 bits per heavy atom. The number of carbonyl (C=O) groups is 3. The zero-order valence-corrected chi connectivity index (χ0v) is 19.4. The van der Waals surface area contributed by atoms with E-state index in [1.807, 2.05) is 5.32 Å². The van der Waals surface area contributed by atoms with Crippen molar-refractivity contribution in [2.75, 3.05) is 7.11 Å². The van der Waals surface area contributed by atoms with Crippen LogP contribution in [0.3, 0.4) is 0 Å². The Kier molecular flexibility index (Phi) is 6.58. The van der Waals surface area contributed by atoms with Gasteiger partial charge < -0.3 is 14.5 Å². The standard InChI is InChI=1S/C27H22F3NO5/c1-16-20(15-17-10-12-19(35-2)13-11-17)24(33)26(27(28,29)30,31-25(34)21-9-6-14-36-21)22(16)23(32)18-7-4-3-5-8-18/h3-14,20H,15H2,1-2H3,(H,31,34)/t20-,26+/m1/s1. The van der Waals surface area contributed by atoms with Gasteiger partial charge in [-0.15, -0.1) is 0 Å². The zero-order valence-electron chi connectivity index (χ0n) is 19.4. The molecule has 0 radical (unpaired) electrons. The lowest BCUT2D eigenvalue weighted by Gasteiger charge is -2.33. The second-order valence-corrected chi connectivity index (χ2v) is 8.40. The molecule has 4 rings (SSSR count). The number of ether oxygens (including phenoxy) is 1. The van der Waals surface area contributed by atoms with Crippen molar-refractivity contribution in [3.63, 3.8) is 0 Å². The number of benzene rings is 2. The van der Waals surface area contributed by atoms with Crippen LogP contribution in [0.2, 0.25) is 0 Å². The fraction of sp³-hybridized carbons (Fsp3) is 0.222. The number of ketones is 2. The van der Waals surface area contributed by atoms with Gasteiger partial charge in [0.05, 0.1) is 13.4 Å². The summed E-state index contributed by atoms with van der Waals surface area (Å²) in [7, 11) is 1.48. The highest BCUT2D eigenvalue weighted by Crippen LogP contribution is 2.49. The summed E-state index contributed by atoms with van der Waals surface area (Å²) in [6, 6.07) is 16.4. The third-order valence-electron chi connectivity index (χ3n) is 6.31. The van der Waals surface area contributed by atoms with E-state index >= 15 is 0 Å². The molecule has 0 aliphatic heterocycles. The number of alkyl halides is 3. The normalized spacial score (nSPS) is 19.9. The van der Waals surface area contributed by atoms with Crippen LogP contribution < -0.4 is 10.1 Å². The fourth-order valence-electron chi connectivity index (χ4n) is 4.49. The van der Waals surface area contributed by atoms with Crippen LogP contribution in [-0.4, -0.2) is 36.3 Å². The topological polar surface area (TPSA) is 85.6 Å². The molecule has 0 saturated heterocycles. The third-order valence-corrected chi connectivity index (χ3v) is 6.31. The maximum Gasteiger partial charge on any atom is 0.423 e. The Hall–Kier alpha value is -4.14. The quantitative estimate of drug-likeness (QED) is 0.467. The van der Waals surface area contributed by atoms with Gasteiger partial charge in [0, 0.05) is 17.1 Å². The molecule has 186 valence electrons. The molecule has 1 heterocycles. The van der Waals surface area contributed by atoms with E-state index < -0.39 is 46.4 Å². The van der Waals surface area contributed by atoms with Gasteiger partial charge in [0.2, 0.25) is 5.54 Å². The summed E-state index contributed by atoms with van der Waals surface area (Å²) >= 11 is 0. The number of carbonyl (C=O) groups excluding carboxylic acids is 3. The molecule has 2 atom stereocenters. The van der Waals surface area contributed by atoms with E-state index in [0.717, 1.165) is 6.26 Å². The molecular formula is C27H22F3NO5. The number of Topliss-reactive ketones (excluding diaryl/α,β-unsaturated/α-hetero) is 2. The monoisotopic (exact) mass is 497 g/mol. The van der Waals surface area contributed by atoms with Gasteiger partial charge in [-0.3, -0.25) is 14.4 Å². The zero-order chi connectivity index (χ0) is 26.1. The molecule has 0 fully saturated rings. The van der Waals surface area contributed by atoms with Crippen molar-refractivity contribution in [3.05, 3.63) is 101 Å². The molecule has 9 heteroatoms. The minimum absolute atomic E-state index is 0.0365. The van der Waals surface area contributed by atoms with Gasteiger partial charge in [-0.2, -0.15) is 13.2 Å². The lowest BCUT2D eigenvalue weighted by molar-refractivity contribution is -0.185. The molecule has 0 unspecified atom stereocenters. The highest BCUT2D eigenvalue weighted by Gasteiger charge is 2.70. The van der Waals surface area contributed by atoms with Crippen LogP contribution in [0, 0.1) is 5.92 Å². The predicted molar refractivity (Wildman–Crippen MR) is 124 cm³/mol. The van der Waals surface area contributed by atoms with E-state index in [-0.39, 0.29) is 17.6 Å². The number of rotatable bonds is 7. The van der Waals surface area contributed by atoms with Crippen molar-refractivity contribution in [1.82, 2.24) is 5.32 Å². The number of halogens is 3. The highest BCUT2D eigenvalue weighted by atomic mass is 19.4. The molecule has 1 aromatic heterocycles. The Morgan fingerprint density at radius 1 is 1.03 bits per heavy atom. The van der Waals surface area contributed by atoms with E-state index in [9.17, 15) is 27.6 Å². The summed E-state index contributed by atoms with van der Waals surface area (Å²) in [5.74, 6) is -4.77. The summed E-state index contributed by atoms with van der Waals surface area (Å²) in [4.78, 5) is 40.0. The van der Waals surface area contributed by atoms with Crippen molar-refractivity contribution in [2.24, 2.45) is 5.92 Å². The van der Waals surface area contributed by atoms with Gasteiger partial charge >= 0.3 is 6.18 Å². The van der Waals surface area contributed by atoms with Crippen LogP contribution in [0.1, 0.15) is 33.4 Å². The van der Waals surface area contributed by atoms with Gasteiger partial charge in [0.15, 0.2) is 17.3 Å². The fourth-order valence-corrected chi connectivity index (χ4v) is 4.49. The van der Waals surface area contributed by atoms with Crippen molar-refractivity contribution in [2.45, 2.75) is 25.1 Å². The average Bonchev–Trinajstić information content (AvgIpc) is 3.47. The van der Waals surface area contributed by atoms with Crippen molar-refractivity contribution in [1.29, 1.82) is 0 Å². The summed E-state index contributed by atoms with van der Waals surface area (Å²) in [6.07, 6.45) is -4.30. The maximum absolute atomic E-state index is 14.9. The second-order valence-electron chi connectivity index (χ2n) is 8.40. The van der Waals surface area contributed by atoms with Crippen LogP contribution in [0.15, 0.2) is 88.6 Å². The molecular weight excluding hydrogens is 475 g/mol. The Balaban J connectivity index is 1.86. The highest BCUT2D eigenvalue weighted by molar-refractivity contribution is 6.20. The number of amides is 1. The number of hydrogen-bond donors (Lipinski definition) is 1. The van der Waals surface area contributed by atoms with E-state index in [0.29, 0.717) is 11.3 Å². The van der Waals surface area contributed by atoms with Crippen LogP contribution in [0.5, 0.6) is 5.75 Å². The lowest BCUT2D eigenvalue weighted by Crippen LogP contribution is -2.65. The van der Waals surface area contributed by atoms with Crippen LogP contribution in [0.4, 0.5) is 13.2 Å². The van der Waals surface area contributed by atoms with E-state index in [2.05, 4.69) is 0 Å². The van der Waals surface area contributed by atoms with Gasteiger partial charge in [0.25, 0.3) is 5.91 Å². The Bertz CT molecular complexity index is 1310. The van der Waals surface area contributed by atoms with Gasteiger partial charge in [0.1, 0.15) is 5.75 Å². The van der Waals surface area contributed by atoms with Crippen LogP contribution >= 0.6 is 0 Å².